The van der Waals surface area contributed by atoms with Crippen molar-refractivity contribution in [1.29, 1.82) is 0 Å². The first-order valence-corrected chi connectivity index (χ1v) is 21.9. The standard InChI is InChI=1S/C61H39N3O/c1-4-16-40(17-5-1)42-32-34-45(35-33-42)59-62-60(48-25-12-24-47(38-48)50-27-13-23-43-22-10-11-26-49(43)50)64-61(63-59)54-30-15-31-56-57(54)53-29-14-28-52(58(53)65-56)51-37-36-46(41-18-6-2-7-19-41)39-55(51)44-20-8-3-9-21-44/h1-39H. The van der Waals surface area contributed by atoms with E-state index in [9.17, 15) is 0 Å². The Bertz CT molecular complexity index is 3690. The van der Waals surface area contributed by atoms with Crippen LogP contribution in [-0.4, -0.2) is 15.0 Å². The molecule has 65 heavy (non-hydrogen) atoms. The van der Waals surface area contributed by atoms with Crippen molar-refractivity contribution in [3.05, 3.63) is 237 Å². The Balaban J connectivity index is 1.04. The zero-order chi connectivity index (χ0) is 43.1. The molecule has 0 N–H and O–H groups in total. The SMILES string of the molecule is c1ccc(-c2ccc(-c3nc(-c4cccc(-c5cccc6ccccc56)c4)nc(-c4cccc5oc6c(-c7ccc(-c8ccccc8)cc7-c7ccccc7)cccc6c45)n3)cc2)cc1. The molecule has 4 heteroatoms. The molecule has 2 heterocycles. The smallest absolute Gasteiger partial charge is 0.164 e. The highest BCUT2D eigenvalue weighted by Gasteiger charge is 2.21. The molecule has 0 radical (unpaired) electrons. The highest BCUT2D eigenvalue weighted by molar-refractivity contribution is 6.15. The molecule has 0 fully saturated rings. The van der Waals surface area contributed by atoms with E-state index in [1.807, 2.05) is 18.2 Å². The normalized spacial score (nSPS) is 11.4. The number of nitrogens with zero attached hydrogens (tertiary/aromatic N) is 3. The fourth-order valence-corrected chi connectivity index (χ4v) is 9.19. The van der Waals surface area contributed by atoms with E-state index in [-0.39, 0.29) is 0 Å². The van der Waals surface area contributed by atoms with Gasteiger partial charge in [-0.1, -0.05) is 218 Å². The quantitative estimate of drug-likeness (QED) is 0.153. The minimum absolute atomic E-state index is 0.573. The van der Waals surface area contributed by atoms with E-state index in [0.29, 0.717) is 17.5 Å². The molecule has 4 nitrogen and oxygen atoms in total. The van der Waals surface area contributed by atoms with Gasteiger partial charge in [0.15, 0.2) is 17.5 Å². The van der Waals surface area contributed by atoms with Gasteiger partial charge in [0.2, 0.25) is 0 Å². The summed E-state index contributed by atoms with van der Waals surface area (Å²) in [6.45, 7) is 0. The van der Waals surface area contributed by atoms with Gasteiger partial charge < -0.3 is 4.42 Å². The van der Waals surface area contributed by atoms with Crippen molar-refractivity contribution in [3.8, 4) is 89.8 Å². The number of rotatable bonds is 8. The second-order valence-corrected chi connectivity index (χ2v) is 16.3. The summed E-state index contributed by atoms with van der Waals surface area (Å²) in [4.78, 5) is 15.8. The third-order valence-corrected chi connectivity index (χ3v) is 12.4. The lowest BCUT2D eigenvalue weighted by Gasteiger charge is -2.14. The first-order chi connectivity index (χ1) is 32.2. The number of furan rings is 1. The molecule has 0 saturated carbocycles. The second-order valence-electron chi connectivity index (χ2n) is 16.3. The number of fused-ring (bicyclic) bond motifs is 4. The lowest BCUT2D eigenvalue weighted by Crippen LogP contribution is -2.00. The Labute approximate surface area is 376 Å². The third-order valence-electron chi connectivity index (χ3n) is 12.4. The molecule has 0 saturated heterocycles. The highest BCUT2D eigenvalue weighted by Crippen LogP contribution is 2.44. The minimum Gasteiger partial charge on any atom is -0.455 e. The summed E-state index contributed by atoms with van der Waals surface area (Å²) in [5.74, 6) is 1.76. The minimum atomic E-state index is 0.573. The molecule has 0 aliphatic heterocycles. The van der Waals surface area contributed by atoms with Crippen LogP contribution in [0.5, 0.6) is 0 Å². The molecular weight excluding hydrogens is 791 g/mol. The number of para-hydroxylation sites is 1. The Morgan fingerprint density at radius 2 is 0.769 bits per heavy atom. The predicted octanol–water partition coefficient (Wildman–Crippen LogP) is 16.3. The molecule has 0 bridgehead atoms. The number of aromatic nitrogens is 3. The van der Waals surface area contributed by atoms with Gasteiger partial charge in [0.05, 0.1) is 0 Å². The van der Waals surface area contributed by atoms with E-state index >= 15 is 0 Å². The lowest BCUT2D eigenvalue weighted by atomic mass is 9.90. The fourth-order valence-electron chi connectivity index (χ4n) is 9.19. The molecule has 0 aliphatic carbocycles. The van der Waals surface area contributed by atoms with Gasteiger partial charge in [-0.05, 0) is 79.0 Å². The maximum absolute atomic E-state index is 6.92. The number of hydrogen-bond acceptors (Lipinski definition) is 4. The van der Waals surface area contributed by atoms with Gasteiger partial charge in [-0.25, -0.2) is 15.0 Å². The molecule has 12 rings (SSSR count). The van der Waals surface area contributed by atoms with E-state index in [0.717, 1.165) is 88.7 Å². The number of benzene rings is 10. The summed E-state index contributed by atoms with van der Waals surface area (Å²) >= 11 is 0. The zero-order valence-corrected chi connectivity index (χ0v) is 35.3. The van der Waals surface area contributed by atoms with Gasteiger partial charge >= 0.3 is 0 Å². The van der Waals surface area contributed by atoms with Crippen LogP contribution in [-0.2, 0) is 0 Å². The topological polar surface area (TPSA) is 51.8 Å². The van der Waals surface area contributed by atoms with Crippen molar-refractivity contribution in [2.75, 3.05) is 0 Å². The molecule has 0 unspecified atom stereocenters. The Kier molecular flexibility index (Phi) is 9.46. The molecule has 10 aromatic carbocycles. The van der Waals surface area contributed by atoms with Crippen LogP contribution in [0.4, 0.5) is 0 Å². The van der Waals surface area contributed by atoms with Crippen molar-refractivity contribution in [1.82, 2.24) is 15.0 Å². The molecule has 2 aromatic heterocycles. The summed E-state index contributed by atoms with van der Waals surface area (Å²) < 4.78 is 6.92. The molecular formula is C61H39N3O. The maximum Gasteiger partial charge on any atom is 0.164 e. The van der Waals surface area contributed by atoms with Crippen LogP contribution in [0.3, 0.4) is 0 Å². The van der Waals surface area contributed by atoms with Crippen LogP contribution in [0.15, 0.2) is 241 Å². The first kappa shape index (κ1) is 38.0. The molecule has 304 valence electrons. The molecule has 12 aromatic rings. The van der Waals surface area contributed by atoms with Gasteiger partial charge in [0.25, 0.3) is 0 Å². The second kappa shape index (κ2) is 16.2. The average molecular weight is 830 g/mol. The van der Waals surface area contributed by atoms with E-state index in [4.69, 9.17) is 19.4 Å². The summed E-state index contributed by atoms with van der Waals surface area (Å²) in [6.07, 6.45) is 0. The van der Waals surface area contributed by atoms with Crippen LogP contribution in [0.2, 0.25) is 0 Å². The van der Waals surface area contributed by atoms with Gasteiger partial charge in [0.1, 0.15) is 11.2 Å². The third kappa shape index (κ3) is 7.04. The van der Waals surface area contributed by atoms with E-state index < -0.39 is 0 Å². The van der Waals surface area contributed by atoms with Crippen molar-refractivity contribution in [2.45, 2.75) is 0 Å². The Morgan fingerprint density at radius 1 is 0.262 bits per heavy atom. The zero-order valence-electron chi connectivity index (χ0n) is 35.3. The summed E-state index contributed by atoms with van der Waals surface area (Å²) in [5, 5.41) is 4.35. The molecule has 0 amide bonds. The van der Waals surface area contributed by atoms with Crippen molar-refractivity contribution < 1.29 is 4.42 Å². The maximum atomic E-state index is 6.92. The van der Waals surface area contributed by atoms with E-state index in [2.05, 4.69) is 218 Å². The number of hydrogen-bond donors (Lipinski definition) is 0. The summed E-state index contributed by atoms with van der Waals surface area (Å²) in [5.41, 5.74) is 15.5. The first-order valence-electron chi connectivity index (χ1n) is 21.9. The van der Waals surface area contributed by atoms with E-state index in [1.165, 1.54) is 16.3 Å². The van der Waals surface area contributed by atoms with Crippen LogP contribution in [0.1, 0.15) is 0 Å². The van der Waals surface area contributed by atoms with Crippen molar-refractivity contribution in [2.24, 2.45) is 0 Å². The highest BCUT2D eigenvalue weighted by atomic mass is 16.3. The Hall–Kier alpha value is -8.73. The van der Waals surface area contributed by atoms with Crippen molar-refractivity contribution in [3.63, 3.8) is 0 Å². The van der Waals surface area contributed by atoms with Crippen molar-refractivity contribution >= 4 is 32.7 Å². The van der Waals surface area contributed by atoms with Gasteiger partial charge in [0, 0.05) is 33.0 Å². The van der Waals surface area contributed by atoms with Crippen LogP contribution < -0.4 is 0 Å². The lowest BCUT2D eigenvalue weighted by molar-refractivity contribution is 0.670. The molecule has 0 atom stereocenters. The van der Waals surface area contributed by atoms with Gasteiger partial charge in [-0.15, -0.1) is 0 Å². The van der Waals surface area contributed by atoms with Crippen LogP contribution in [0.25, 0.3) is 123 Å². The summed E-state index contributed by atoms with van der Waals surface area (Å²) in [6, 6.07) is 82.9. The van der Waals surface area contributed by atoms with Gasteiger partial charge in [-0.3, -0.25) is 0 Å². The van der Waals surface area contributed by atoms with E-state index in [1.54, 1.807) is 0 Å². The monoisotopic (exact) mass is 829 g/mol. The van der Waals surface area contributed by atoms with Gasteiger partial charge in [-0.2, -0.15) is 0 Å². The predicted molar refractivity (Wildman–Crippen MR) is 268 cm³/mol. The largest absolute Gasteiger partial charge is 0.455 e. The average Bonchev–Trinajstić information content (AvgIpc) is 3.79. The molecule has 0 aliphatic rings. The van der Waals surface area contributed by atoms with Crippen LogP contribution in [0, 0.1) is 0 Å². The fraction of sp³-hybridized carbons (Fsp3) is 0. The summed E-state index contributed by atoms with van der Waals surface area (Å²) in [7, 11) is 0. The Morgan fingerprint density at radius 3 is 1.55 bits per heavy atom. The molecule has 0 spiro atoms. The van der Waals surface area contributed by atoms with Crippen LogP contribution >= 0.6 is 0 Å².